The quantitative estimate of drug-likeness (QED) is 0.486. The zero-order valence-electron chi connectivity index (χ0n) is 17.9. The van der Waals surface area contributed by atoms with Gasteiger partial charge in [0.05, 0.1) is 10.9 Å². The van der Waals surface area contributed by atoms with Crippen LogP contribution in [0.3, 0.4) is 0 Å². The Morgan fingerprint density at radius 1 is 1.15 bits per heavy atom. The van der Waals surface area contributed by atoms with E-state index in [-0.39, 0.29) is 28.4 Å². The molecular weight excluding hydrogens is 438 g/mol. The van der Waals surface area contributed by atoms with Crippen LogP contribution in [0.5, 0.6) is 0 Å². The maximum atomic E-state index is 13.6. The number of para-hydroxylation sites is 1. The number of hydrogen-bond donors (Lipinski definition) is 1. The average Bonchev–Trinajstić information content (AvgIpc) is 3.53. The predicted octanol–water partition coefficient (Wildman–Crippen LogP) is 4.47. The van der Waals surface area contributed by atoms with Crippen molar-refractivity contribution >= 4 is 39.3 Å². The second-order valence-electron chi connectivity index (χ2n) is 7.92. The first kappa shape index (κ1) is 21.1. The molecule has 0 bridgehead atoms. The van der Waals surface area contributed by atoms with Crippen LogP contribution in [-0.4, -0.2) is 34.3 Å². The summed E-state index contributed by atoms with van der Waals surface area (Å²) in [6.45, 7) is 2.17. The van der Waals surface area contributed by atoms with Gasteiger partial charge in [-0.25, -0.2) is 4.98 Å². The van der Waals surface area contributed by atoms with E-state index in [4.69, 9.17) is 4.42 Å². The van der Waals surface area contributed by atoms with E-state index in [1.807, 2.05) is 30.3 Å². The number of anilines is 1. The van der Waals surface area contributed by atoms with Crippen molar-refractivity contribution < 1.29 is 14.0 Å². The molecule has 0 aliphatic carbocycles. The summed E-state index contributed by atoms with van der Waals surface area (Å²) in [5.41, 5.74) is 1.58. The van der Waals surface area contributed by atoms with Gasteiger partial charge in [-0.15, -0.1) is 11.3 Å². The molecule has 1 atom stereocenters. The third kappa shape index (κ3) is 3.82. The Balaban J connectivity index is 1.55. The molecule has 2 amide bonds. The molecule has 1 aliphatic rings. The smallest absolute Gasteiger partial charge is 0.258 e. The molecule has 1 aliphatic heterocycles. The van der Waals surface area contributed by atoms with Crippen LogP contribution in [0.15, 0.2) is 69.3 Å². The Bertz CT molecular complexity index is 1400. The zero-order chi connectivity index (χ0) is 22.9. The number of aromatic nitrogens is 1. The standard InChI is InChI=1S/C25H21N3O4S/c1-15-20(29)17-9-5-10-18(22(17)32-21(15)16-7-3-2-4-8-16)24(31)28-13-6-11-19(28)23(30)27-25-26-12-14-33-25/h2-5,7-10,12,14,19H,6,11,13H2,1H3,(H,26,27,30). The van der Waals surface area contributed by atoms with Crippen molar-refractivity contribution in [3.05, 3.63) is 81.5 Å². The van der Waals surface area contributed by atoms with Gasteiger partial charge in [0.2, 0.25) is 5.91 Å². The van der Waals surface area contributed by atoms with E-state index in [2.05, 4.69) is 10.3 Å². The zero-order valence-corrected chi connectivity index (χ0v) is 18.7. The van der Waals surface area contributed by atoms with Crippen molar-refractivity contribution in [2.45, 2.75) is 25.8 Å². The Kier molecular flexibility index (Phi) is 5.51. The molecule has 3 heterocycles. The minimum Gasteiger partial charge on any atom is -0.455 e. The summed E-state index contributed by atoms with van der Waals surface area (Å²) in [6, 6.07) is 13.7. The maximum absolute atomic E-state index is 13.6. The monoisotopic (exact) mass is 459 g/mol. The van der Waals surface area contributed by atoms with Gasteiger partial charge in [0.15, 0.2) is 16.1 Å². The number of carbonyl (C=O) groups is 2. The highest BCUT2D eigenvalue weighted by Gasteiger charge is 2.36. The first-order valence-corrected chi connectivity index (χ1v) is 11.6. The number of nitrogens with zero attached hydrogens (tertiary/aromatic N) is 2. The van der Waals surface area contributed by atoms with Crippen LogP contribution in [-0.2, 0) is 4.79 Å². The molecule has 0 radical (unpaired) electrons. The lowest BCUT2D eigenvalue weighted by Crippen LogP contribution is -2.43. The Morgan fingerprint density at radius 3 is 2.73 bits per heavy atom. The number of hydrogen-bond acceptors (Lipinski definition) is 6. The van der Waals surface area contributed by atoms with E-state index in [1.165, 1.54) is 11.3 Å². The van der Waals surface area contributed by atoms with Crippen LogP contribution in [0.25, 0.3) is 22.3 Å². The van der Waals surface area contributed by atoms with Crippen molar-refractivity contribution in [2.24, 2.45) is 0 Å². The first-order chi connectivity index (χ1) is 16.0. The average molecular weight is 460 g/mol. The Labute approximate surface area is 193 Å². The third-order valence-corrected chi connectivity index (χ3v) is 6.58. The third-order valence-electron chi connectivity index (χ3n) is 5.89. The lowest BCUT2D eigenvalue weighted by Gasteiger charge is -2.24. The van der Waals surface area contributed by atoms with Gasteiger partial charge in [-0.1, -0.05) is 36.4 Å². The van der Waals surface area contributed by atoms with Crippen molar-refractivity contribution in [3.8, 4) is 11.3 Å². The summed E-state index contributed by atoms with van der Waals surface area (Å²) in [4.78, 5) is 45.2. The normalized spacial score (nSPS) is 15.7. The number of likely N-dealkylation sites (tertiary alicyclic amines) is 1. The molecule has 1 unspecified atom stereocenters. The second kappa shape index (κ2) is 8.63. The molecule has 4 aromatic rings. The molecule has 7 nitrogen and oxygen atoms in total. The molecule has 5 rings (SSSR count). The van der Waals surface area contributed by atoms with E-state index in [1.54, 1.807) is 41.6 Å². The number of rotatable bonds is 4. The second-order valence-corrected chi connectivity index (χ2v) is 8.81. The van der Waals surface area contributed by atoms with Gasteiger partial charge in [0, 0.05) is 29.2 Å². The number of benzene rings is 2. The molecule has 33 heavy (non-hydrogen) atoms. The molecule has 0 spiro atoms. The molecule has 1 fully saturated rings. The van der Waals surface area contributed by atoms with E-state index in [0.717, 1.165) is 5.56 Å². The minimum absolute atomic E-state index is 0.177. The van der Waals surface area contributed by atoms with E-state index in [9.17, 15) is 14.4 Å². The van der Waals surface area contributed by atoms with E-state index in [0.29, 0.717) is 41.2 Å². The highest BCUT2D eigenvalue weighted by molar-refractivity contribution is 7.13. The fourth-order valence-corrected chi connectivity index (χ4v) is 4.79. The predicted molar refractivity (Wildman–Crippen MR) is 127 cm³/mol. The van der Waals surface area contributed by atoms with Gasteiger partial charge in [-0.05, 0) is 31.9 Å². The van der Waals surface area contributed by atoms with Crippen molar-refractivity contribution in [1.29, 1.82) is 0 Å². The summed E-state index contributed by atoms with van der Waals surface area (Å²) in [5.74, 6) is -0.158. The summed E-state index contributed by atoms with van der Waals surface area (Å²) in [6.07, 6.45) is 2.89. The van der Waals surface area contributed by atoms with Gasteiger partial charge in [0.1, 0.15) is 11.8 Å². The molecule has 8 heteroatoms. The lowest BCUT2D eigenvalue weighted by molar-refractivity contribution is -0.119. The van der Waals surface area contributed by atoms with Gasteiger partial charge in [0.25, 0.3) is 5.91 Å². The first-order valence-electron chi connectivity index (χ1n) is 10.7. The van der Waals surface area contributed by atoms with Crippen LogP contribution in [0.1, 0.15) is 28.8 Å². The molecular formula is C25H21N3O4S. The highest BCUT2D eigenvalue weighted by atomic mass is 32.1. The fourth-order valence-electron chi connectivity index (χ4n) is 4.25. The van der Waals surface area contributed by atoms with Crippen molar-refractivity contribution in [2.75, 3.05) is 11.9 Å². The van der Waals surface area contributed by atoms with Crippen LogP contribution in [0, 0.1) is 6.92 Å². The molecule has 0 saturated carbocycles. The topological polar surface area (TPSA) is 92.5 Å². The van der Waals surface area contributed by atoms with Crippen molar-refractivity contribution in [1.82, 2.24) is 9.88 Å². The highest BCUT2D eigenvalue weighted by Crippen LogP contribution is 2.29. The van der Waals surface area contributed by atoms with Crippen LogP contribution in [0.2, 0.25) is 0 Å². The Morgan fingerprint density at radius 2 is 1.97 bits per heavy atom. The van der Waals surface area contributed by atoms with Gasteiger partial charge in [-0.3, -0.25) is 14.4 Å². The minimum atomic E-state index is -0.609. The summed E-state index contributed by atoms with van der Waals surface area (Å²) >= 11 is 1.32. The number of carbonyl (C=O) groups excluding carboxylic acids is 2. The number of fused-ring (bicyclic) bond motifs is 1. The van der Waals surface area contributed by atoms with E-state index >= 15 is 0 Å². The SMILES string of the molecule is Cc1c(-c2ccccc2)oc2c(C(=O)N3CCCC3C(=O)Nc3nccs3)cccc2c1=O. The van der Waals surface area contributed by atoms with Crippen LogP contribution >= 0.6 is 11.3 Å². The molecule has 2 aromatic carbocycles. The van der Waals surface area contributed by atoms with Gasteiger partial charge in [-0.2, -0.15) is 0 Å². The number of thiazole rings is 1. The molecule has 2 aromatic heterocycles. The molecule has 1 N–H and O–H groups in total. The Hall–Kier alpha value is -3.78. The summed E-state index contributed by atoms with van der Waals surface area (Å²) < 4.78 is 6.20. The van der Waals surface area contributed by atoms with E-state index < -0.39 is 6.04 Å². The molecule has 1 saturated heterocycles. The number of nitrogens with one attached hydrogen (secondary N) is 1. The van der Waals surface area contributed by atoms with Gasteiger partial charge >= 0.3 is 0 Å². The van der Waals surface area contributed by atoms with Gasteiger partial charge < -0.3 is 14.6 Å². The van der Waals surface area contributed by atoms with Crippen LogP contribution in [0.4, 0.5) is 5.13 Å². The fraction of sp³-hybridized carbons (Fsp3) is 0.200. The van der Waals surface area contributed by atoms with Crippen molar-refractivity contribution in [3.63, 3.8) is 0 Å². The lowest BCUT2D eigenvalue weighted by atomic mass is 10.0. The largest absolute Gasteiger partial charge is 0.455 e. The van der Waals surface area contributed by atoms with Crippen LogP contribution < -0.4 is 10.7 Å². The summed E-state index contributed by atoms with van der Waals surface area (Å²) in [5, 5.41) is 5.41. The molecule has 166 valence electrons. The number of amides is 2. The maximum Gasteiger partial charge on any atom is 0.258 e. The summed E-state index contributed by atoms with van der Waals surface area (Å²) in [7, 11) is 0.